The second kappa shape index (κ2) is 24.9. The van der Waals surface area contributed by atoms with Gasteiger partial charge in [-0.1, -0.05) is 189 Å². The monoisotopic (exact) mass is 980 g/mol. The Hall–Kier alpha value is -4.14. The van der Waals surface area contributed by atoms with Gasteiger partial charge in [0.25, 0.3) is 0 Å². The van der Waals surface area contributed by atoms with Crippen LogP contribution in [0.2, 0.25) is 0 Å². The van der Waals surface area contributed by atoms with E-state index in [2.05, 4.69) is 194 Å². The minimum absolute atomic E-state index is 0. The van der Waals surface area contributed by atoms with E-state index in [0.717, 1.165) is 57.7 Å². The molecule has 0 saturated carbocycles. The van der Waals surface area contributed by atoms with E-state index in [1.165, 1.54) is 24.0 Å². The molecule has 1 aliphatic rings. The zero-order valence-corrected chi connectivity index (χ0v) is 45.1. The molecule has 6 nitrogen and oxygen atoms in total. The third-order valence-corrected chi connectivity index (χ3v) is 13.4. The number of methoxy groups -OCH3 is 1. The maximum atomic E-state index is 12.4. The second-order valence-electron chi connectivity index (χ2n) is 20.1. The molecule has 0 atom stereocenters. The Morgan fingerprint density at radius 2 is 0.806 bits per heavy atom. The van der Waals surface area contributed by atoms with Gasteiger partial charge >= 0.3 is 0 Å². The van der Waals surface area contributed by atoms with Crippen molar-refractivity contribution in [2.24, 2.45) is 0 Å². The van der Waals surface area contributed by atoms with E-state index in [4.69, 9.17) is 14.6 Å². The molecule has 1 fully saturated rings. The van der Waals surface area contributed by atoms with E-state index in [1.807, 2.05) is 12.1 Å². The van der Waals surface area contributed by atoms with Crippen LogP contribution in [0, 0.1) is 0 Å². The third kappa shape index (κ3) is 14.2. The summed E-state index contributed by atoms with van der Waals surface area (Å²) in [5.41, 5.74) is 8.78. The summed E-state index contributed by atoms with van der Waals surface area (Å²) in [6.45, 7) is 25.2. The average Bonchev–Trinajstić information content (AvgIpc) is 3.91. The van der Waals surface area contributed by atoms with E-state index in [1.54, 1.807) is 21.0 Å². The maximum Gasteiger partial charge on any atom is 0.124 e. The van der Waals surface area contributed by atoms with Gasteiger partial charge in [-0.05, 0) is 72.2 Å². The number of aromatic hydroxyl groups is 2. The molecule has 0 aliphatic carbocycles. The summed E-state index contributed by atoms with van der Waals surface area (Å²) in [6.07, 6.45) is 2.39. The van der Waals surface area contributed by atoms with Gasteiger partial charge in [0.2, 0.25) is 0 Å². The summed E-state index contributed by atoms with van der Waals surface area (Å²) in [6, 6.07) is 50.8. The zero-order chi connectivity index (χ0) is 48.1. The van der Waals surface area contributed by atoms with E-state index in [9.17, 15) is 10.2 Å². The topological polar surface area (TPSA) is 82.4 Å². The summed E-state index contributed by atoms with van der Waals surface area (Å²) in [4.78, 5) is 2.30. The smallest absolute Gasteiger partial charge is 0.124 e. The maximum absolute atomic E-state index is 12.4. The van der Waals surface area contributed by atoms with Gasteiger partial charge in [0.05, 0.1) is 6.61 Å². The molecule has 0 unspecified atom stereocenters. The van der Waals surface area contributed by atoms with Gasteiger partial charge in [-0.25, -0.2) is 0 Å². The fourth-order valence-electron chi connectivity index (χ4n) is 8.79. The molecular formula is C60H77NO5Y. The molecule has 0 bridgehead atoms. The number of aliphatic hydroxyl groups is 1. The Kier molecular flexibility index (Phi) is 20.6. The predicted octanol–water partition coefficient (Wildman–Crippen LogP) is 13.2. The predicted molar refractivity (Wildman–Crippen MR) is 274 cm³/mol. The summed E-state index contributed by atoms with van der Waals surface area (Å²) in [5.74, 6) is 0.598. The van der Waals surface area contributed by atoms with Crippen molar-refractivity contribution < 1.29 is 57.5 Å². The Labute approximate surface area is 428 Å². The van der Waals surface area contributed by atoms with Gasteiger partial charge in [0.1, 0.15) is 11.5 Å². The normalized spacial score (nSPS) is 13.0. The molecule has 1 aliphatic heterocycles. The Morgan fingerprint density at radius 3 is 1.07 bits per heavy atom. The van der Waals surface area contributed by atoms with Crippen LogP contribution in [0.3, 0.4) is 0 Å². The quantitative estimate of drug-likeness (QED) is 0.0951. The fourth-order valence-corrected chi connectivity index (χ4v) is 8.79. The van der Waals surface area contributed by atoms with E-state index < -0.39 is 10.8 Å². The van der Waals surface area contributed by atoms with Crippen molar-refractivity contribution in [1.82, 2.24) is 4.90 Å². The third-order valence-electron chi connectivity index (χ3n) is 13.4. The summed E-state index contributed by atoms with van der Waals surface area (Å²) >= 11 is 0. The van der Waals surface area contributed by atoms with Crippen molar-refractivity contribution in [3.05, 3.63) is 201 Å². The van der Waals surface area contributed by atoms with Crippen molar-refractivity contribution in [1.29, 1.82) is 0 Å². The second-order valence-corrected chi connectivity index (χ2v) is 20.1. The van der Waals surface area contributed by atoms with Crippen molar-refractivity contribution in [3.63, 3.8) is 0 Å². The van der Waals surface area contributed by atoms with Crippen LogP contribution < -0.4 is 0 Å². The summed E-state index contributed by atoms with van der Waals surface area (Å²) < 4.78 is 10.6. The van der Waals surface area contributed by atoms with Crippen molar-refractivity contribution in [2.75, 3.05) is 33.5 Å². The van der Waals surface area contributed by atoms with Crippen LogP contribution in [0.4, 0.5) is 0 Å². The van der Waals surface area contributed by atoms with Crippen LogP contribution in [-0.4, -0.2) is 59.8 Å². The van der Waals surface area contributed by atoms with Crippen molar-refractivity contribution >= 4 is 0 Å². The number of hydrogen-bond donors (Lipinski definition) is 3. The molecule has 0 amide bonds. The van der Waals surface area contributed by atoms with Crippen molar-refractivity contribution in [3.8, 4) is 11.5 Å². The van der Waals surface area contributed by atoms with Gasteiger partial charge in [-0.3, -0.25) is 4.90 Å². The Balaban J connectivity index is 0.000000886. The van der Waals surface area contributed by atoms with Crippen molar-refractivity contribution in [2.45, 2.75) is 123 Å². The first-order valence-corrected chi connectivity index (χ1v) is 23.7. The molecule has 1 heterocycles. The van der Waals surface area contributed by atoms with Crippen LogP contribution in [0.15, 0.2) is 146 Å². The number of benzene rings is 6. The first kappa shape index (κ1) is 55.5. The van der Waals surface area contributed by atoms with E-state index in [-0.39, 0.29) is 49.6 Å². The SMILES string of the molecule is C1CCOC1.CC(C)O.COCCN(Cc1cc(C(C)(C)c2ccccc2)cc(C(C)(C)c2ccccc2)c1O)Cc1cc(C(C)(C)c2ccccc2)cc(C(C)(C)c2ccccc2)c1O.[Y]. The first-order chi connectivity index (χ1) is 31.3. The first-order valence-electron chi connectivity index (χ1n) is 23.7. The molecule has 6 aromatic rings. The number of hydrogen-bond acceptors (Lipinski definition) is 6. The molecule has 7 rings (SSSR count). The van der Waals surface area contributed by atoms with E-state index >= 15 is 0 Å². The van der Waals surface area contributed by atoms with Crippen LogP contribution in [0.1, 0.15) is 138 Å². The Morgan fingerprint density at radius 1 is 0.507 bits per heavy atom. The molecule has 3 N–H and O–H groups in total. The molecular weight excluding hydrogens is 904 g/mol. The van der Waals surface area contributed by atoms with Gasteiger partial charge in [0, 0.05) is 123 Å². The number of aliphatic hydroxyl groups excluding tert-OH is 1. The van der Waals surface area contributed by atoms with E-state index in [0.29, 0.717) is 37.7 Å². The molecule has 1 radical (unpaired) electrons. The van der Waals surface area contributed by atoms with Crippen LogP contribution in [-0.2, 0) is 76.9 Å². The zero-order valence-electron chi connectivity index (χ0n) is 42.3. The number of nitrogens with zero attached hydrogens (tertiary/aromatic N) is 1. The summed E-state index contributed by atoms with van der Waals surface area (Å²) in [7, 11) is 1.72. The molecule has 6 aromatic carbocycles. The molecule has 67 heavy (non-hydrogen) atoms. The standard InChI is InChI=1S/C53H61NO3.C4H8O.C3H8O.Y/c1-50(2,40-22-14-10-15-23-40)44-32-38(48(55)46(34-44)52(5,6)42-26-18-12-19-27-42)36-54(30-31-57-9)37-39-33-45(51(3,4)41-24-16-11-17-25-41)35-47(49(39)56)53(7,8)43-28-20-13-21-29-43;1-2-4-5-3-1;1-3(2)4;/h10-29,32-35,55-56H,30-31,36-37H2,1-9H3;1-4H2;3-4H,1-2H3;. The van der Waals surface area contributed by atoms with Gasteiger partial charge in [0.15, 0.2) is 0 Å². The van der Waals surface area contributed by atoms with Crippen LogP contribution >= 0.6 is 0 Å². The Bertz CT molecular complexity index is 2220. The molecule has 0 aromatic heterocycles. The number of ether oxygens (including phenoxy) is 2. The van der Waals surface area contributed by atoms with Crippen LogP contribution in [0.25, 0.3) is 0 Å². The number of phenolic OH excluding ortho intramolecular Hbond substituents is 2. The molecule has 0 spiro atoms. The van der Waals surface area contributed by atoms with Gasteiger partial charge in [-0.2, -0.15) is 0 Å². The fraction of sp³-hybridized carbons (Fsp3) is 0.400. The minimum Gasteiger partial charge on any atom is -0.507 e. The summed E-state index contributed by atoms with van der Waals surface area (Å²) in [5, 5.41) is 32.8. The molecule has 7 heteroatoms. The van der Waals surface area contributed by atoms with Gasteiger partial charge in [-0.15, -0.1) is 0 Å². The number of rotatable bonds is 15. The molecule has 355 valence electrons. The minimum atomic E-state index is -0.478. The molecule has 1 saturated heterocycles. The average molecular weight is 981 g/mol. The van der Waals surface area contributed by atoms with Crippen LogP contribution in [0.5, 0.6) is 11.5 Å². The number of phenols is 2. The largest absolute Gasteiger partial charge is 0.507 e. The van der Waals surface area contributed by atoms with Gasteiger partial charge < -0.3 is 24.8 Å².